The molecule has 3 aromatic rings. The van der Waals surface area contributed by atoms with E-state index in [0.717, 1.165) is 15.3 Å². The zero-order valence-electron chi connectivity index (χ0n) is 18.6. The summed E-state index contributed by atoms with van der Waals surface area (Å²) in [6.45, 7) is 9.24. The zero-order chi connectivity index (χ0) is 22.5. The number of hydrogen-bond donors (Lipinski definition) is 1. The quantitative estimate of drug-likeness (QED) is 0.385. The fourth-order valence-corrected chi connectivity index (χ4v) is 5.32. The Kier molecular flexibility index (Phi) is 7.91. The van der Waals surface area contributed by atoms with Crippen molar-refractivity contribution in [2.45, 2.75) is 50.6 Å². The summed E-state index contributed by atoms with van der Waals surface area (Å²) in [6, 6.07) is 10.1. The number of nitrogens with one attached hydrogen (secondary N) is 1. The van der Waals surface area contributed by atoms with Crippen LogP contribution in [0.3, 0.4) is 0 Å². The van der Waals surface area contributed by atoms with Gasteiger partial charge in [-0.15, -0.1) is 11.3 Å². The Morgan fingerprint density at radius 3 is 2.65 bits per heavy atom. The Bertz CT molecular complexity index is 1110. The van der Waals surface area contributed by atoms with E-state index < -0.39 is 0 Å². The predicted molar refractivity (Wildman–Crippen MR) is 128 cm³/mol. The number of thiophene rings is 1. The van der Waals surface area contributed by atoms with Crippen LogP contribution < -0.4 is 10.9 Å². The molecule has 166 valence electrons. The molecule has 2 heterocycles. The summed E-state index contributed by atoms with van der Waals surface area (Å²) < 4.78 is 6.82. The summed E-state index contributed by atoms with van der Waals surface area (Å²) in [5.74, 6) is 0.146. The van der Waals surface area contributed by atoms with Gasteiger partial charge in [-0.3, -0.25) is 14.2 Å². The molecule has 0 fully saturated rings. The highest BCUT2D eigenvalue weighted by atomic mass is 32.2. The van der Waals surface area contributed by atoms with Crippen molar-refractivity contribution in [3.8, 4) is 0 Å². The van der Waals surface area contributed by atoms with E-state index >= 15 is 0 Å². The van der Waals surface area contributed by atoms with Crippen molar-refractivity contribution < 1.29 is 9.53 Å². The molecular weight excluding hydrogens is 430 g/mol. The average molecular weight is 460 g/mol. The highest BCUT2D eigenvalue weighted by molar-refractivity contribution is 8.00. The van der Waals surface area contributed by atoms with E-state index in [2.05, 4.69) is 24.4 Å². The Labute approximate surface area is 191 Å². The molecule has 0 aliphatic heterocycles. The number of aromatic nitrogens is 2. The van der Waals surface area contributed by atoms with Gasteiger partial charge in [0.25, 0.3) is 5.56 Å². The third-order valence-corrected chi connectivity index (χ3v) is 7.57. The number of carbonyl (C=O) groups excluding carboxylic acids is 1. The van der Waals surface area contributed by atoms with Crippen molar-refractivity contribution >= 4 is 39.2 Å². The second kappa shape index (κ2) is 10.4. The molecule has 31 heavy (non-hydrogen) atoms. The van der Waals surface area contributed by atoms with Crippen molar-refractivity contribution in [3.63, 3.8) is 0 Å². The normalized spacial score (nSPS) is 13.3. The number of amides is 1. The minimum Gasteiger partial charge on any atom is -0.383 e. The van der Waals surface area contributed by atoms with Gasteiger partial charge in [0.1, 0.15) is 4.83 Å². The highest BCUT2D eigenvalue weighted by Gasteiger charge is 2.22. The molecule has 0 bridgehead atoms. The van der Waals surface area contributed by atoms with Crippen LogP contribution >= 0.6 is 23.1 Å². The lowest BCUT2D eigenvalue weighted by molar-refractivity contribution is -0.120. The van der Waals surface area contributed by atoms with E-state index in [1.807, 2.05) is 39.0 Å². The van der Waals surface area contributed by atoms with E-state index in [4.69, 9.17) is 9.72 Å². The summed E-state index contributed by atoms with van der Waals surface area (Å²) in [4.78, 5) is 32.5. The van der Waals surface area contributed by atoms with E-state index in [1.54, 1.807) is 11.7 Å². The second-order valence-electron chi connectivity index (χ2n) is 7.62. The number of rotatable bonds is 9. The van der Waals surface area contributed by atoms with Crippen molar-refractivity contribution in [1.29, 1.82) is 0 Å². The molecule has 0 saturated heterocycles. The Morgan fingerprint density at radius 2 is 1.97 bits per heavy atom. The van der Waals surface area contributed by atoms with Gasteiger partial charge in [0.2, 0.25) is 5.91 Å². The van der Waals surface area contributed by atoms with E-state index in [0.29, 0.717) is 30.2 Å². The highest BCUT2D eigenvalue weighted by Crippen LogP contribution is 2.29. The molecule has 0 saturated carbocycles. The smallest absolute Gasteiger partial charge is 0.263 e. The summed E-state index contributed by atoms with van der Waals surface area (Å²) in [5, 5.41) is 3.86. The maximum atomic E-state index is 13.2. The molecule has 2 atom stereocenters. The van der Waals surface area contributed by atoms with Crippen LogP contribution in [0.5, 0.6) is 0 Å². The van der Waals surface area contributed by atoms with Gasteiger partial charge in [-0.05, 0) is 37.8 Å². The molecule has 1 aromatic carbocycles. The van der Waals surface area contributed by atoms with Crippen LogP contribution in [-0.2, 0) is 16.1 Å². The first-order valence-electron chi connectivity index (χ1n) is 10.3. The SMILES string of the molecule is COCCn1c(S[C@@H](C)C(=O)NC[C@@H](C)c2ccccc2)nc2sc(C)c(C)c2c1=O. The average Bonchev–Trinajstić information content (AvgIpc) is 3.05. The number of nitrogens with zero attached hydrogens (tertiary/aromatic N) is 2. The molecule has 6 nitrogen and oxygen atoms in total. The van der Waals surface area contributed by atoms with Gasteiger partial charge in [-0.25, -0.2) is 4.98 Å². The van der Waals surface area contributed by atoms with Crippen LogP contribution in [0.4, 0.5) is 0 Å². The van der Waals surface area contributed by atoms with Crippen LogP contribution in [0.1, 0.15) is 35.8 Å². The third kappa shape index (κ3) is 5.37. The number of aryl methyl sites for hydroxylation is 2. The van der Waals surface area contributed by atoms with Crippen LogP contribution in [0.15, 0.2) is 40.3 Å². The standard InChI is InChI=1S/C23H29N3O3S2/c1-14(18-9-7-6-8-10-18)13-24-20(27)17(4)31-23-25-21-19(15(2)16(3)30-21)22(28)26(23)11-12-29-5/h6-10,14,17H,11-13H2,1-5H3,(H,24,27)/t14-,17+/m1/s1. The lowest BCUT2D eigenvalue weighted by Gasteiger charge is -2.17. The molecular formula is C23H29N3O3S2. The van der Waals surface area contributed by atoms with Gasteiger partial charge >= 0.3 is 0 Å². The van der Waals surface area contributed by atoms with E-state index in [9.17, 15) is 9.59 Å². The summed E-state index contributed by atoms with van der Waals surface area (Å²) >= 11 is 2.83. The summed E-state index contributed by atoms with van der Waals surface area (Å²) in [6.07, 6.45) is 0. The molecule has 3 rings (SSSR count). The minimum absolute atomic E-state index is 0.0704. The molecule has 0 spiro atoms. The maximum Gasteiger partial charge on any atom is 0.263 e. The lowest BCUT2D eigenvalue weighted by atomic mass is 10.0. The largest absolute Gasteiger partial charge is 0.383 e. The van der Waals surface area contributed by atoms with Crippen LogP contribution in [0.2, 0.25) is 0 Å². The number of methoxy groups -OCH3 is 1. The predicted octanol–water partition coefficient (Wildman–Crippen LogP) is 4.12. The monoisotopic (exact) mass is 459 g/mol. The number of fused-ring (bicyclic) bond motifs is 1. The molecule has 0 unspecified atom stereocenters. The first-order valence-corrected chi connectivity index (χ1v) is 12.0. The van der Waals surface area contributed by atoms with Crippen molar-refractivity contribution in [2.75, 3.05) is 20.3 Å². The molecule has 0 aliphatic carbocycles. The Morgan fingerprint density at radius 1 is 1.26 bits per heavy atom. The van der Waals surface area contributed by atoms with Crippen molar-refractivity contribution in [2.24, 2.45) is 0 Å². The molecule has 1 N–H and O–H groups in total. The number of ether oxygens (including phenoxy) is 1. The summed E-state index contributed by atoms with van der Waals surface area (Å²) in [7, 11) is 1.60. The lowest BCUT2D eigenvalue weighted by Crippen LogP contribution is -2.34. The number of hydrogen-bond acceptors (Lipinski definition) is 6. The van der Waals surface area contributed by atoms with Gasteiger partial charge < -0.3 is 10.1 Å². The van der Waals surface area contributed by atoms with Gasteiger partial charge in [-0.2, -0.15) is 0 Å². The van der Waals surface area contributed by atoms with Crippen molar-refractivity contribution in [1.82, 2.24) is 14.9 Å². The van der Waals surface area contributed by atoms with Crippen LogP contribution in [-0.4, -0.2) is 41.0 Å². The fourth-order valence-electron chi connectivity index (χ4n) is 3.29. The summed E-state index contributed by atoms with van der Waals surface area (Å²) in [5.41, 5.74) is 2.09. The zero-order valence-corrected chi connectivity index (χ0v) is 20.2. The fraction of sp³-hybridized carbons (Fsp3) is 0.435. The number of benzene rings is 1. The number of carbonyl (C=O) groups is 1. The van der Waals surface area contributed by atoms with Gasteiger partial charge in [-0.1, -0.05) is 49.0 Å². The topological polar surface area (TPSA) is 73.2 Å². The molecule has 2 aromatic heterocycles. The first kappa shape index (κ1) is 23.5. The van der Waals surface area contributed by atoms with Crippen LogP contribution in [0, 0.1) is 13.8 Å². The molecule has 8 heteroatoms. The first-order chi connectivity index (χ1) is 14.8. The van der Waals surface area contributed by atoms with Crippen LogP contribution in [0.25, 0.3) is 10.2 Å². The Balaban J connectivity index is 1.77. The van der Waals surface area contributed by atoms with Gasteiger partial charge in [0, 0.05) is 18.5 Å². The third-order valence-electron chi connectivity index (χ3n) is 5.38. The molecule has 1 amide bonds. The van der Waals surface area contributed by atoms with Crippen molar-refractivity contribution in [3.05, 3.63) is 56.7 Å². The van der Waals surface area contributed by atoms with Gasteiger partial charge in [0.05, 0.1) is 23.8 Å². The maximum absolute atomic E-state index is 13.2. The van der Waals surface area contributed by atoms with E-state index in [-0.39, 0.29) is 22.6 Å². The molecule has 0 radical (unpaired) electrons. The minimum atomic E-state index is -0.386. The van der Waals surface area contributed by atoms with Gasteiger partial charge in [0.15, 0.2) is 5.16 Å². The Hall–Kier alpha value is -2.16. The molecule has 0 aliphatic rings. The second-order valence-corrected chi connectivity index (χ2v) is 10.1. The number of thioether (sulfide) groups is 1. The van der Waals surface area contributed by atoms with E-state index in [1.165, 1.54) is 28.7 Å².